The van der Waals surface area contributed by atoms with Gasteiger partial charge in [0.25, 0.3) is 5.69 Å². The Balaban J connectivity index is 2.58. The van der Waals surface area contributed by atoms with E-state index in [1.54, 1.807) is 0 Å². The maximum Gasteiger partial charge on any atom is 0.323 e. The molecular formula is C10H12N2O5. The molecule has 0 heterocycles. The third-order valence-corrected chi connectivity index (χ3v) is 2.18. The Morgan fingerprint density at radius 3 is 2.41 bits per heavy atom. The molecule has 1 atom stereocenters. The summed E-state index contributed by atoms with van der Waals surface area (Å²) >= 11 is 0. The SMILES string of the molecule is O=C(O)[C@H](CO)NCc1ccc([N+](=O)[O-])cc1. The molecule has 0 aliphatic carbocycles. The molecule has 0 unspecified atom stereocenters. The smallest absolute Gasteiger partial charge is 0.323 e. The van der Waals surface area contributed by atoms with Crippen molar-refractivity contribution in [3.8, 4) is 0 Å². The molecule has 0 amide bonds. The number of nitrogens with zero attached hydrogens (tertiary/aromatic N) is 1. The van der Waals surface area contributed by atoms with Gasteiger partial charge in [-0.05, 0) is 5.56 Å². The maximum absolute atomic E-state index is 10.6. The van der Waals surface area contributed by atoms with Crippen molar-refractivity contribution < 1.29 is 19.9 Å². The van der Waals surface area contributed by atoms with Crippen LogP contribution in [0.2, 0.25) is 0 Å². The Bertz CT molecular complexity index is 404. The number of carboxylic acid groups (broad SMARTS) is 1. The zero-order chi connectivity index (χ0) is 12.8. The molecule has 1 aromatic rings. The summed E-state index contributed by atoms with van der Waals surface area (Å²) in [6, 6.07) is 4.70. The van der Waals surface area contributed by atoms with Crippen molar-refractivity contribution in [3.05, 3.63) is 39.9 Å². The van der Waals surface area contributed by atoms with Crippen LogP contribution in [0.5, 0.6) is 0 Å². The number of aliphatic hydroxyl groups excluding tert-OH is 1. The highest BCUT2D eigenvalue weighted by Gasteiger charge is 2.14. The highest BCUT2D eigenvalue weighted by molar-refractivity contribution is 5.73. The molecule has 0 aliphatic heterocycles. The van der Waals surface area contributed by atoms with E-state index >= 15 is 0 Å². The zero-order valence-corrected chi connectivity index (χ0v) is 8.87. The van der Waals surface area contributed by atoms with E-state index in [-0.39, 0.29) is 12.2 Å². The molecule has 1 rings (SSSR count). The van der Waals surface area contributed by atoms with E-state index in [0.717, 1.165) is 0 Å². The normalized spacial score (nSPS) is 12.1. The second kappa shape index (κ2) is 5.92. The summed E-state index contributed by atoms with van der Waals surface area (Å²) in [6.07, 6.45) is 0. The van der Waals surface area contributed by atoms with Gasteiger partial charge in [0, 0.05) is 18.7 Å². The fourth-order valence-electron chi connectivity index (χ4n) is 1.21. The number of aliphatic carboxylic acids is 1. The molecule has 0 spiro atoms. The highest BCUT2D eigenvalue weighted by atomic mass is 16.6. The molecule has 0 saturated heterocycles. The van der Waals surface area contributed by atoms with E-state index in [9.17, 15) is 14.9 Å². The number of carbonyl (C=O) groups is 1. The van der Waals surface area contributed by atoms with Gasteiger partial charge in [-0.15, -0.1) is 0 Å². The van der Waals surface area contributed by atoms with Crippen LogP contribution in [-0.4, -0.2) is 33.8 Å². The maximum atomic E-state index is 10.6. The number of carboxylic acids is 1. The summed E-state index contributed by atoms with van der Waals surface area (Å²) in [5.41, 5.74) is 0.681. The van der Waals surface area contributed by atoms with Crippen molar-refractivity contribution in [2.75, 3.05) is 6.61 Å². The first-order valence-corrected chi connectivity index (χ1v) is 4.85. The Morgan fingerprint density at radius 1 is 1.41 bits per heavy atom. The molecule has 0 aliphatic rings. The van der Waals surface area contributed by atoms with Crippen LogP contribution in [0.15, 0.2) is 24.3 Å². The monoisotopic (exact) mass is 240 g/mol. The van der Waals surface area contributed by atoms with Gasteiger partial charge >= 0.3 is 5.97 Å². The summed E-state index contributed by atoms with van der Waals surface area (Å²) in [4.78, 5) is 20.5. The number of rotatable bonds is 6. The van der Waals surface area contributed by atoms with Gasteiger partial charge in [-0.1, -0.05) is 12.1 Å². The lowest BCUT2D eigenvalue weighted by Gasteiger charge is -2.11. The van der Waals surface area contributed by atoms with Crippen LogP contribution < -0.4 is 5.32 Å². The first kappa shape index (κ1) is 13.1. The molecule has 7 heteroatoms. The third kappa shape index (κ3) is 3.82. The van der Waals surface area contributed by atoms with Gasteiger partial charge < -0.3 is 10.2 Å². The fourth-order valence-corrected chi connectivity index (χ4v) is 1.21. The number of nitro groups is 1. The lowest BCUT2D eigenvalue weighted by Crippen LogP contribution is -2.39. The van der Waals surface area contributed by atoms with E-state index < -0.39 is 23.5 Å². The van der Waals surface area contributed by atoms with Crippen molar-refractivity contribution in [3.63, 3.8) is 0 Å². The van der Waals surface area contributed by atoms with E-state index in [1.165, 1.54) is 24.3 Å². The van der Waals surface area contributed by atoms with Gasteiger partial charge in [0.2, 0.25) is 0 Å². The van der Waals surface area contributed by atoms with Gasteiger partial charge in [-0.2, -0.15) is 0 Å². The van der Waals surface area contributed by atoms with Crippen LogP contribution in [0.3, 0.4) is 0 Å². The third-order valence-electron chi connectivity index (χ3n) is 2.18. The topological polar surface area (TPSA) is 113 Å². The molecule has 92 valence electrons. The molecule has 0 radical (unpaired) electrons. The molecule has 17 heavy (non-hydrogen) atoms. The van der Waals surface area contributed by atoms with E-state index in [1.807, 2.05) is 0 Å². The van der Waals surface area contributed by atoms with Crippen molar-refractivity contribution in [1.82, 2.24) is 5.32 Å². The molecule has 1 aromatic carbocycles. The van der Waals surface area contributed by atoms with E-state index in [4.69, 9.17) is 10.2 Å². The predicted octanol–water partition coefficient (Wildman–Crippen LogP) is 0.130. The quantitative estimate of drug-likeness (QED) is 0.481. The predicted molar refractivity (Wildman–Crippen MR) is 58.4 cm³/mol. The van der Waals surface area contributed by atoms with Crippen LogP contribution in [0.25, 0.3) is 0 Å². The summed E-state index contributed by atoms with van der Waals surface area (Å²) in [6.45, 7) is -0.294. The van der Waals surface area contributed by atoms with Crippen molar-refractivity contribution >= 4 is 11.7 Å². The molecule has 0 aromatic heterocycles. The van der Waals surface area contributed by atoms with Crippen molar-refractivity contribution in [1.29, 1.82) is 0 Å². The van der Waals surface area contributed by atoms with E-state index in [2.05, 4.69) is 5.32 Å². The minimum absolute atomic E-state index is 0.0225. The first-order valence-electron chi connectivity index (χ1n) is 4.85. The lowest BCUT2D eigenvalue weighted by atomic mass is 10.2. The van der Waals surface area contributed by atoms with Gasteiger partial charge in [-0.3, -0.25) is 20.2 Å². The minimum atomic E-state index is -1.14. The number of hydrogen-bond donors (Lipinski definition) is 3. The molecule has 0 bridgehead atoms. The summed E-state index contributed by atoms with van der Waals surface area (Å²) < 4.78 is 0. The second-order valence-electron chi connectivity index (χ2n) is 3.38. The van der Waals surface area contributed by atoms with Gasteiger partial charge in [-0.25, -0.2) is 0 Å². The lowest BCUT2D eigenvalue weighted by molar-refractivity contribution is -0.384. The Labute approximate surface area is 96.8 Å². The first-order chi connectivity index (χ1) is 8.04. The Hall–Kier alpha value is -1.99. The minimum Gasteiger partial charge on any atom is -0.480 e. The average Bonchev–Trinajstić information content (AvgIpc) is 2.30. The standard InChI is InChI=1S/C10H12N2O5/c13-6-9(10(14)15)11-5-7-1-3-8(4-2-7)12(16)17/h1-4,9,11,13H,5-6H2,(H,14,15)/t9-/m0/s1. The second-order valence-corrected chi connectivity index (χ2v) is 3.38. The number of aliphatic hydroxyl groups is 1. The average molecular weight is 240 g/mol. The molecule has 0 saturated carbocycles. The molecule has 3 N–H and O–H groups in total. The molecular weight excluding hydrogens is 228 g/mol. The van der Waals surface area contributed by atoms with Crippen LogP contribution in [0.1, 0.15) is 5.56 Å². The number of nitro benzene ring substituents is 1. The molecule has 0 fully saturated rings. The number of nitrogens with one attached hydrogen (secondary N) is 1. The van der Waals surface area contributed by atoms with Gasteiger partial charge in [0.15, 0.2) is 0 Å². The molecule has 7 nitrogen and oxygen atoms in total. The summed E-state index contributed by atoms with van der Waals surface area (Å²) in [5.74, 6) is -1.14. The fraction of sp³-hybridized carbons (Fsp3) is 0.300. The summed E-state index contributed by atoms with van der Waals surface area (Å²) in [7, 11) is 0. The Morgan fingerprint density at radius 2 is 2.00 bits per heavy atom. The largest absolute Gasteiger partial charge is 0.480 e. The van der Waals surface area contributed by atoms with E-state index in [0.29, 0.717) is 5.56 Å². The van der Waals surface area contributed by atoms with Crippen LogP contribution in [0, 0.1) is 10.1 Å². The van der Waals surface area contributed by atoms with Crippen molar-refractivity contribution in [2.45, 2.75) is 12.6 Å². The highest BCUT2D eigenvalue weighted by Crippen LogP contribution is 2.11. The zero-order valence-electron chi connectivity index (χ0n) is 8.87. The Kier molecular flexibility index (Phi) is 4.56. The van der Waals surface area contributed by atoms with Crippen LogP contribution in [-0.2, 0) is 11.3 Å². The number of benzene rings is 1. The number of non-ortho nitro benzene ring substituents is 1. The van der Waals surface area contributed by atoms with Crippen LogP contribution >= 0.6 is 0 Å². The summed E-state index contributed by atoms with van der Waals surface area (Å²) in [5, 5.41) is 30.4. The van der Waals surface area contributed by atoms with Crippen LogP contribution in [0.4, 0.5) is 5.69 Å². The van der Waals surface area contributed by atoms with Gasteiger partial charge in [0.05, 0.1) is 11.5 Å². The van der Waals surface area contributed by atoms with Gasteiger partial charge in [0.1, 0.15) is 6.04 Å². The van der Waals surface area contributed by atoms with Crippen molar-refractivity contribution in [2.24, 2.45) is 0 Å². The number of hydrogen-bond acceptors (Lipinski definition) is 5.